The summed E-state index contributed by atoms with van der Waals surface area (Å²) < 4.78 is 11.4. The molecule has 3 aromatic rings. The second kappa shape index (κ2) is 8.71. The van der Waals surface area contributed by atoms with Gasteiger partial charge in [0.15, 0.2) is 0 Å². The molecule has 1 aromatic heterocycles. The molecule has 1 N–H and O–H groups in total. The molecule has 0 spiro atoms. The van der Waals surface area contributed by atoms with E-state index < -0.39 is 18.1 Å². The van der Waals surface area contributed by atoms with E-state index in [0.717, 1.165) is 35.0 Å². The van der Waals surface area contributed by atoms with E-state index >= 15 is 0 Å². The number of pyridine rings is 1. The third kappa shape index (κ3) is 3.71. The molecule has 0 saturated carbocycles. The fourth-order valence-electron chi connectivity index (χ4n) is 4.40. The van der Waals surface area contributed by atoms with Gasteiger partial charge in [0, 0.05) is 5.39 Å². The van der Waals surface area contributed by atoms with Crippen LogP contribution in [0.4, 0.5) is 0 Å². The number of likely N-dealkylation sites (tertiary alicyclic amines) is 1. The number of benzene rings is 2. The maximum Gasteiger partial charge on any atom is 0.320 e. The maximum absolute atomic E-state index is 12.1. The summed E-state index contributed by atoms with van der Waals surface area (Å²) >= 11 is 0. The van der Waals surface area contributed by atoms with Crippen LogP contribution in [0.2, 0.25) is 0 Å². The topological polar surface area (TPSA) is 71.9 Å². The van der Waals surface area contributed by atoms with Crippen LogP contribution < -0.4 is 9.47 Å². The van der Waals surface area contributed by atoms with Gasteiger partial charge in [-0.05, 0) is 43.7 Å². The Morgan fingerprint density at radius 3 is 2.47 bits per heavy atom. The summed E-state index contributed by atoms with van der Waals surface area (Å²) in [5.41, 5.74) is 2.46. The standard InChI is InChI=1S/C24H26N2O4/c1-29-20-11-7-12-21(30-2)22(20)23(26-15-6-5-10-19(26)24(27)28)18-14-13-16-8-3-4-9-17(16)25-18/h3-4,7-9,11-14,19,23H,5-6,10,15H2,1-2H3,(H,27,28). The Morgan fingerprint density at radius 1 is 1.03 bits per heavy atom. The number of rotatable bonds is 6. The van der Waals surface area contributed by atoms with Gasteiger partial charge in [0.2, 0.25) is 0 Å². The average Bonchev–Trinajstić information content (AvgIpc) is 2.79. The number of ether oxygens (including phenoxy) is 2. The van der Waals surface area contributed by atoms with Crippen molar-refractivity contribution < 1.29 is 19.4 Å². The quantitative estimate of drug-likeness (QED) is 0.659. The van der Waals surface area contributed by atoms with E-state index in [2.05, 4.69) is 0 Å². The molecule has 2 aromatic carbocycles. The first-order valence-corrected chi connectivity index (χ1v) is 10.2. The van der Waals surface area contributed by atoms with Crippen molar-refractivity contribution in [1.82, 2.24) is 9.88 Å². The molecule has 1 fully saturated rings. The lowest BCUT2D eigenvalue weighted by Crippen LogP contribution is -2.47. The van der Waals surface area contributed by atoms with Crippen LogP contribution in [-0.4, -0.2) is 47.8 Å². The molecular formula is C24H26N2O4. The lowest BCUT2D eigenvalue weighted by Gasteiger charge is -2.39. The number of methoxy groups -OCH3 is 2. The molecule has 2 atom stereocenters. The maximum atomic E-state index is 12.1. The summed E-state index contributed by atoms with van der Waals surface area (Å²) in [6.07, 6.45) is 2.44. The first kappa shape index (κ1) is 20.2. The minimum Gasteiger partial charge on any atom is -0.496 e. The molecule has 6 nitrogen and oxygen atoms in total. The van der Waals surface area contributed by atoms with Gasteiger partial charge in [0.05, 0.1) is 37.0 Å². The molecule has 1 aliphatic heterocycles. The van der Waals surface area contributed by atoms with Crippen molar-refractivity contribution in [2.24, 2.45) is 0 Å². The second-order valence-corrected chi connectivity index (χ2v) is 7.50. The lowest BCUT2D eigenvalue weighted by atomic mass is 9.92. The summed E-state index contributed by atoms with van der Waals surface area (Å²) in [6.45, 7) is 0.664. The van der Waals surface area contributed by atoms with Gasteiger partial charge in [-0.3, -0.25) is 14.7 Å². The average molecular weight is 406 g/mol. The van der Waals surface area contributed by atoms with Gasteiger partial charge in [-0.1, -0.05) is 36.8 Å². The highest BCUT2D eigenvalue weighted by Crippen LogP contribution is 2.42. The van der Waals surface area contributed by atoms with Crippen molar-refractivity contribution in [3.05, 3.63) is 65.9 Å². The predicted molar refractivity (Wildman–Crippen MR) is 115 cm³/mol. The fourth-order valence-corrected chi connectivity index (χ4v) is 4.40. The zero-order valence-electron chi connectivity index (χ0n) is 17.2. The van der Waals surface area contributed by atoms with Gasteiger partial charge < -0.3 is 14.6 Å². The van der Waals surface area contributed by atoms with Gasteiger partial charge >= 0.3 is 5.97 Å². The van der Waals surface area contributed by atoms with Crippen LogP contribution in [0.25, 0.3) is 10.9 Å². The first-order valence-electron chi connectivity index (χ1n) is 10.2. The number of aliphatic carboxylic acids is 1. The Bertz CT molecular complexity index is 1030. The van der Waals surface area contributed by atoms with Crippen molar-refractivity contribution in [1.29, 1.82) is 0 Å². The van der Waals surface area contributed by atoms with Crippen molar-refractivity contribution in [3.8, 4) is 11.5 Å². The van der Waals surface area contributed by atoms with Crippen molar-refractivity contribution in [2.45, 2.75) is 31.3 Å². The summed E-state index contributed by atoms with van der Waals surface area (Å²) in [7, 11) is 3.24. The Kier molecular flexibility index (Phi) is 5.86. The minimum absolute atomic E-state index is 0.401. The van der Waals surface area contributed by atoms with Gasteiger partial charge in [-0.2, -0.15) is 0 Å². The molecule has 2 heterocycles. The predicted octanol–water partition coefficient (Wildman–Crippen LogP) is 4.28. The number of carboxylic acid groups (broad SMARTS) is 1. The van der Waals surface area contributed by atoms with Crippen LogP contribution in [0.1, 0.15) is 36.6 Å². The third-order valence-electron chi connectivity index (χ3n) is 5.80. The largest absolute Gasteiger partial charge is 0.496 e. The molecule has 4 rings (SSSR count). The minimum atomic E-state index is -0.811. The van der Waals surface area contributed by atoms with Crippen LogP contribution in [0.15, 0.2) is 54.6 Å². The van der Waals surface area contributed by atoms with Gasteiger partial charge in [-0.25, -0.2) is 0 Å². The number of fused-ring (bicyclic) bond motifs is 1. The molecule has 1 saturated heterocycles. The fraction of sp³-hybridized carbons (Fsp3) is 0.333. The molecule has 30 heavy (non-hydrogen) atoms. The summed E-state index contributed by atoms with van der Waals surface area (Å²) in [6, 6.07) is 16.6. The smallest absolute Gasteiger partial charge is 0.320 e. The van der Waals surface area contributed by atoms with E-state index in [-0.39, 0.29) is 0 Å². The van der Waals surface area contributed by atoms with Crippen LogP contribution in [-0.2, 0) is 4.79 Å². The molecule has 6 heteroatoms. The zero-order chi connectivity index (χ0) is 21.1. The number of para-hydroxylation sites is 1. The molecular weight excluding hydrogens is 380 g/mol. The number of carboxylic acids is 1. The highest BCUT2D eigenvalue weighted by molar-refractivity contribution is 5.79. The van der Waals surface area contributed by atoms with E-state index in [1.807, 2.05) is 59.5 Å². The Balaban J connectivity index is 1.94. The van der Waals surface area contributed by atoms with Gasteiger partial charge in [0.25, 0.3) is 0 Å². The second-order valence-electron chi connectivity index (χ2n) is 7.50. The molecule has 1 aliphatic rings. The number of nitrogens with zero attached hydrogens (tertiary/aromatic N) is 2. The molecule has 2 unspecified atom stereocenters. The van der Waals surface area contributed by atoms with E-state index in [1.54, 1.807) is 14.2 Å². The summed E-state index contributed by atoms with van der Waals surface area (Å²) in [4.78, 5) is 19.1. The molecule has 0 bridgehead atoms. The molecule has 0 amide bonds. The van der Waals surface area contributed by atoms with Crippen LogP contribution in [0.3, 0.4) is 0 Å². The lowest BCUT2D eigenvalue weighted by molar-refractivity contribution is -0.145. The van der Waals surface area contributed by atoms with Crippen molar-refractivity contribution in [2.75, 3.05) is 20.8 Å². The number of hydrogen-bond acceptors (Lipinski definition) is 5. The Hall–Kier alpha value is -3.12. The summed E-state index contributed by atoms with van der Waals surface area (Å²) in [5.74, 6) is 0.502. The first-order chi connectivity index (χ1) is 14.6. The molecule has 0 aliphatic carbocycles. The zero-order valence-corrected chi connectivity index (χ0v) is 17.2. The highest BCUT2D eigenvalue weighted by atomic mass is 16.5. The van der Waals surface area contributed by atoms with E-state index in [9.17, 15) is 9.90 Å². The third-order valence-corrected chi connectivity index (χ3v) is 5.80. The normalized spacial score (nSPS) is 18.1. The number of piperidine rings is 1. The molecule has 0 radical (unpaired) electrons. The van der Waals surface area contributed by atoms with E-state index in [1.165, 1.54) is 0 Å². The van der Waals surface area contributed by atoms with Crippen LogP contribution in [0.5, 0.6) is 11.5 Å². The van der Waals surface area contributed by atoms with E-state index in [4.69, 9.17) is 14.5 Å². The Morgan fingerprint density at radius 2 is 1.77 bits per heavy atom. The highest BCUT2D eigenvalue weighted by Gasteiger charge is 2.38. The van der Waals surface area contributed by atoms with Gasteiger partial charge in [-0.15, -0.1) is 0 Å². The SMILES string of the molecule is COc1cccc(OC)c1C(c1ccc2ccccc2n1)N1CCCCC1C(=O)O. The number of carbonyl (C=O) groups is 1. The van der Waals surface area contributed by atoms with Crippen LogP contribution >= 0.6 is 0 Å². The number of aromatic nitrogens is 1. The molecule has 156 valence electrons. The summed E-state index contributed by atoms with van der Waals surface area (Å²) in [5, 5.41) is 11.0. The van der Waals surface area contributed by atoms with Gasteiger partial charge in [0.1, 0.15) is 17.5 Å². The van der Waals surface area contributed by atoms with Crippen molar-refractivity contribution in [3.63, 3.8) is 0 Å². The number of hydrogen-bond donors (Lipinski definition) is 1. The monoisotopic (exact) mass is 406 g/mol. The Labute approximate surface area is 176 Å². The van der Waals surface area contributed by atoms with Crippen molar-refractivity contribution >= 4 is 16.9 Å². The van der Waals surface area contributed by atoms with Crippen LogP contribution in [0, 0.1) is 0 Å². The van der Waals surface area contributed by atoms with E-state index in [0.29, 0.717) is 24.5 Å².